The molecule has 0 radical (unpaired) electrons. The van der Waals surface area contributed by atoms with Gasteiger partial charge in [-0.3, -0.25) is 4.79 Å². The lowest BCUT2D eigenvalue weighted by Gasteiger charge is -2.09. The molecule has 144 valence electrons. The quantitative estimate of drug-likeness (QED) is 0.670. The van der Waals surface area contributed by atoms with E-state index in [0.717, 1.165) is 11.1 Å². The lowest BCUT2D eigenvalue weighted by atomic mass is 10.0. The molecule has 0 saturated carbocycles. The van der Waals surface area contributed by atoms with Gasteiger partial charge in [-0.25, -0.2) is 12.8 Å². The molecule has 0 unspecified atom stereocenters. The third-order valence-electron chi connectivity index (χ3n) is 4.43. The topological polar surface area (TPSA) is 63.2 Å². The molecule has 1 amide bonds. The molecule has 4 nitrogen and oxygen atoms in total. The number of nitrogens with one attached hydrogen (secondary N) is 1. The summed E-state index contributed by atoms with van der Waals surface area (Å²) in [5.74, 6) is -1.33. The molecule has 3 aromatic carbocycles. The molecule has 0 bridgehead atoms. The number of carbonyl (C=O) groups excluding carboxylic acids is 1. The van der Waals surface area contributed by atoms with Gasteiger partial charge in [0.05, 0.1) is 16.2 Å². The third kappa shape index (κ3) is 4.28. The van der Waals surface area contributed by atoms with Gasteiger partial charge >= 0.3 is 0 Å². The van der Waals surface area contributed by atoms with Crippen molar-refractivity contribution >= 4 is 21.4 Å². The first-order valence-electron chi connectivity index (χ1n) is 8.81. The molecule has 0 aliphatic rings. The Kier molecular flexibility index (Phi) is 5.61. The number of anilines is 1. The first-order valence-corrected chi connectivity index (χ1v) is 10.5. The number of carbonyl (C=O) groups is 1. The van der Waals surface area contributed by atoms with Crippen LogP contribution >= 0.6 is 0 Å². The van der Waals surface area contributed by atoms with Crippen molar-refractivity contribution in [3.8, 4) is 11.1 Å². The number of sulfone groups is 1. The summed E-state index contributed by atoms with van der Waals surface area (Å²) in [5.41, 5.74) is 2.81. The summed E-state index contributed by atoms with van der Waals surface area (Å²) in [6.07, 6.45) is 0. The molecule has 1 N–H and O–H groups in total. The van der Waals surface area contributed by atoms with Crippen molar-refractivity contribution in [3.05, 3.63) is 83.7 Å². The van der Waals surface area contributed by atoms with Gasteiger partial charge in [-0.15, -0.1) is 0 Å². The maximum absolute atomic E-state index is 14.5. The van der Waals surface area contributed by atoms with Crippen LogP contribution in [0.15, 0.2) is 71.6 Å². The monoisotopic (exact) mass is 397 g/mol. The molecule has 0 aromatic heterocycles. The summed E-state index contributed by atoms with van der Waals surface area (Å²) < 4.78 is 38.5. The van der Waals surface area contributed by atoms with Crippen LogP contribution in [0.2, 0.25) is 0 Å². The fourth-order valence-corrected chi connectivity index (χ4v) is 3.68. The van der Waals surface area contributed by atoms with Crippen LogP contribution in [0.1, 0.15) is 22.8 Å². The minimum absolute atomic E-state index is 0.0422. The van der Waals surface area contributed by atoms with Crippen molar-refractivity contribution in [1.82, 2.24) is 0 Å². The molecular weight excluding hydrogens is 377 g/mol. The smallest absolute Gasteiger partial charge is 0.258 e. The van der Waals surface area contributed by atoms with E-state index < -0.39 is 21.6 Å². The Morgan fingerprint density at radius 3 is 2.29 bits per heavy atom. The van der Waals surface area contributed by atoms with Gasteiger partial charge in [-0.2, -0.15) is 0 Å². The molecule has 0 aliphatic carbocycles. The van der Waals surface area contributed by atoms with Crippen LogP contribution in [0.3, 0.4) is 0 Å². The number of halogens is 1. The van der Waals surface area contributed by atoms with E-state index in [4.69, 9.17) is 0 Å². The van der Waals surface area contributed by atoms with E-state index in [2.05, 4.69) is 5.32 Å². The van der Waals surface area contributed by atoms with Gasteiger partial charge < -0.3 is 5.32 Å². The maximum atomic E-state index is 14.5. The molecule has 0 heterocycles. The van der Waals surface area contributed by atoms with Gasteiger partial charge in [0.25, 0.3) is 5.91 Å². The van der Waals surface area contributed by atoms with Crippen molar-refractivity contribution in [1.29, 1.82) is 0 Å². The fraction of sp³-hybridized carbons (Fsp3) is 0.136. The average molecular weight is 397 g/mol. The van der Waals surface area contributed by atoms with Crippen molar-refractivity contribution < 1.29 is 17.6 Å². The summed E-state index contributed by atoms with van der Waals surface area (Å²) >= 11 is 0. The predicted octanol–water partition coefficient (Wildman–Crippen LogP) is 4.85. The van der Waals surface area contributed by atoms with Crippen molar-refractivity contribution in [2.75, 3.05) is 11.1 Å². The Morgan fingerprint density at radius 1 is 0.964 bits per heavy atom. The van der Waals surface area contributed by atoms with Gasteiger partial charge in [0.1, 0.15) is 5.82 Å². The summed E-state index contributed by atoms with van der Waals surface area (Å²) in [5, 5.41) is 2.56. The van der Waals surface area contributed by atoms with Gasteiger partial charge in [0.2, 0.25) is 0 Å². The highest BCUT2D eigenvalue weighted by molar-refractivity contribution is 7.91. The second kappa shape index (κ2) is 7.94. The molecule has 28 heavy (non-hydrogen) atoms. The SMILES string of the molecule is CCS(=O)(=O)c1cccc(NC(=O)c2ccc(-c3ccc(C)cc3)cc2F)c1. The predicted molar refractivity (Wildman–Crippen MR) is 109 cm³/mol. The van der Waals surface area contributed by atoms with Crippen LogP contribution in [0.4, 0.5) is 10.1 Å². The summed E-state index contributed by atoms with van der Waals surface area (Å²) in [4.78, 5) is 12.6. The van der Waals surface area contributed by atoms with Gasteiger partial charge in [0, 0.05) is 5.69 Å². The average Bonchev–Trinajstić information content (AvgIpc) is 2.68. The van der Waals surface area contributed by atoms with Crippen LogP contribution in [-0.2, 0) is 9.84 Å². The Bertz CT molecular complexity index is 1120. The van der Waals surface area contributed by atoms with Crippen LogP contribution in [0, 0.1) is 12.7 Å². The minimum atomic E-state index is -3.39. The van der Waals surface area contributed by atoms with Crippen LogP contribution < -0.4 is 5.32 Å². The highest BCUT2D eigenvalue weighted by Gasteiger charge is 2.15. The van der Waals surface area contributed by atoms with Crippen LogP contribution in [0.5, 0.6) is 0 Å². The van der Waals surface area contributed by atoms with E-state index in [1.54, 1.807) is 19.1 Å². The molecule has 0 fully saturated rings. The molecule has 3 aromatic rings. The van der Waals surface area contributed by atoms with E-state index in [1.807, 2.05) is 31.2 Å². The second-order valence-corrected chi connectivity index (χ2v) is 8.72. The van der Waals surface area contributed by atoms with Gasteiger partial charge in [-0.1, -0.05) is 48.9 Å². The minimum Gasteiger partial charge on any atom is -0.322 e. The number of amides is 1. The number of aryl methyl sites for hydroxylation is 1. The molecule has 6 heteroatoms. The summed E-state index contributed by atoms with van der Waals surface area (Å²) in [6, 6.07) is 18.0. The van der Waals surface area contributed by atoms with Gasteiger partial charge in [-0.05, 0) is 48.4 Å². The largest absolute Gasteiger partial charge is 0.322 e. The summed E-state index contributed by atoms with van der Waals surface area (Å²) in [6.45, 7) is 3.52. The highest BCUT2D eigenvalue weighted by Crippen LogP contribution is 2.23. The lowest BCUT2D eigenvalue weighted by molar-refractivity contribution is 0.102. The fourth-order valence-electron chi connectivity index (χ4n) is 2.76. The zero-order valence-electron chi connectivity index (χ0n) is 15.6. The Morgan fingerprint density at radius 2 is 1.64 bits per heavy atom. The highest BCUT2D eigenvalue weighted by atomic mass is 32.2. The molecular formula is C22H20FNO3S. The van der Waals surface area contributed by atoms with E-state index in [0.29, 0.717) is 11.3 Å². The number of benzene rings is 3. The van der Waals surface area contributed by atoms with E-state index in [-0.39, 0.29) is 16.2 Å². The van der Waals surface area contributed by atoms with Crippen LogP contribution in [0.25, 0.3) is 11.1 Å². The van der Waals surface area contributed by atoms with Crippen molar-refractivity contribution in [2.45, 2.75) is 18.7 Å². The molecule has 0 atom stereocenters. The van der Waals surface area contributed by atoms with E-state index >= 15 is 0 Å². The number of hydrogen-bond acceptors (Lipinski definition) is 3. The first kappa shape index (κ1) is 19.8. The zero-order chi connectivity index (χ0) is 20.3. The third-order valence-corrected chi connectivity index (χ3v) is 6.16. The Labute approximate surface area is 164 Å². The Hall–Kier alpha value is -2.99. The van der Waals surface area contributed by atoms with E-state index in [1.165, 1.54) is 30.3 Å². The van der Waals surface area contributed by atoms with Crippen LogP contribution in [-0.4, -0.2) is 20.1 Å². The second-order valence-electron chi connectivity index (χ2n) is 6.45. The molecule has 0 saturated heterocycles. The molecule has 0 spiro atoms. The van der Waals surface area contributed by atoms with Crippen molar-refractivity contribution in [2.24, 2.45) is 0 Å². The number of hydrogen-bond donors (Lipinski definition) is 1. The normalized spacial score (nSPS) is 11.2. The lowest BCUT2D eigenvalue weighted by Crippen LogP contribution is -2.14. The molecule has 3 rings (SSSR count). The first-order chi connectivity index (χ1) is 13.3. The molecule has 0 aliphatic heterocycles. The zero-order valence-corrected chi connectivity index (χ0v) is 16.4. The summed E-state index contributed by atoms with van der Waals surface area (Å²) in [7, 11) is -3.39. The Balaban J connectivity index is 1.84. The van der Waals surface area contributed by atoms with E-state index in [9.17, 15) is 17.6 Å². The van der Waals surface area contributed by atoms with Crippen molar-refractivity contribution in [3.63, 3.8) is 0 Å². The standard InChI is InChI=1S/C22H20FNO3S/c1-3-28(26,27)19-6-4-5-18(14-19)24-22(25)20-12-11-17(13-21(20)23)16-9-7-15(2)8-10-16/h4-14H,3H2,1-2H3,(H,24,25). The van der Waals surface area contributed by atoms with Gasteiger partial charge in [0.15, 0.2) is 9.84 Å². The maximum Gasteiger partial charge on any atom is 0.258 e. The number of rotatable bonds is 5.